The minimum absolute atomic E-state index is 0.0796. The van der Waals surface area contributed by atoms with Gasteiger partial charge >= 0.3 is 0 Å². The fraction of sp³-hybridized carbons (Fsp3) is 0.333. The molecule has 0 saturated heterocycles. The highest BCUT2D eigenvalue weighted by atomic mass is 32.1. The number of thiazole rings is 1. The average molecular weight is 277 g/mol. The lowest BCUT2D eigenvalue weighted by Gasteiger charge is -2.06. The molecule has 0 unspecified atom stereocenters. The SMILES string of the molecule is Cc1nc(C)c(C(=O)NCCNc2cnccn2)s1. The summed E-state index contributed by atoms with van der Waals surface area (Å²) in [5.74, 6) is 0.616. The van der Waals surface area contributed by atoms with E-state index in [9.17, 15) is 4.79 Å². The molecule has 0 atom stereocenters. The highest BCUT2D eigenvalue weighted by molar-refractivity contribution is 7.13. The number of amides is 1. The van der Waals surface area contributed by atoms with Crippen molar-refractivity contribution in [2.45, 2.75) is 13.8 Å². The molecule has 2 rings (SSSR count). The summed E-state index contributed by atoms with van der Waals surface area (Å²) >= 11 is 1.41. The van der Waals surface area contributed by atoms with Crippen molar-refractivity contribution in [3.05, 3.63) is 34.2 Å². The van der Waals surface area contributed by atoms with Gasteiger partial charge in [0.2, 0.25) is 0 Å². The topological polar surface area (TPSA) is 79.8 Å². The number of anilines is 1. The largest absolute Gasteiger partial charge is 0.367 e. The van der Waals surface area contributed by atoms with Gasteiger partial charge in [0.05, 0.1) is 16.9 Å². The summed E-state index contributed by atoms with van der Waals surface area (Å²) in [6.07, 6.45) is 4.87. The van der Waals surface area contributed by atoms with Gasteiger partial charge in [0.1, 0.15) is 10.7 Å². The summed E-state index contributed by atoms with van der Waals surface area (Å²) in [7, 11) is 0. The number of nitrogens with zero attached hydrogens (tertiary/aromatic N) is 3. The van der Waals surface area contributed by atoms with E-state index in [1.807, 2.05) is 13.8 Å². The van der Waals surface area contributed by atoms with Crippen LogP contribution in [0.25, 0.3) is 0 Å². The van der Waals surface area contributed by atoms with E-state index in [2.05, 4.69) is 25.6 Å². The van der Waals surface area contributed by atoms with E-state index in [1.165, 1.54) is 11.3 Å². The molecule has 0 fully saturated rings. The number of hydrogen-bond donors (Lipinski definition) is 2. The zero-order chi connectivity index (χ0) is 13.7. The monoisotopic (exact) mass is 277 g/mol. The van der Waals surface area contributed by atoms with Crippen molar-refractivity contribution in [3.8, 4) is 0 Å². The molecule has 0 aliphatic heterocycles. The molecule has 0 spiro atoms. The minimum Gasteiger partial charge on any atom is -0.367 e. The van der Waals surface area contributed by atoms with Crippen LogP contribution in [0.3, 0.4) is 0 Å². The summed E-state index contributed by atoms with van der Waals surface area (Å²) in [6.45, 7) is 4.85. The van der Waals surface area contributed by atoms with Crippen LogP contribution in [0.5, 0.6) is 0 Å². The van der Waals surface area contributed by atoms with Crippen LogP contribution in [0.15, 0.2) is 18.6 Å². The van der Waals surface area contributed by atoms with Gasteiger partial charge in [-0.2, -0.15) is 0 Å². The van der Waals surface area contributed by atoms with Crippen molar-refractivity contribution in [1.29, 1.82) is 0 Å². The van der Waals surface area contributed by atoms with Crippen LogP contribution in [-0.2, 0) is 0 Å². The van der Waals surface area contributed by atoms with E-state index in [-0.39, 0.29) is 5.91 Å². The highest BCUT2D eigenvalue weighted by Gasteiger charge is 2.12. The quantitative estimate of drug-likeness (QED) is 0.807. The second-order valence-electron chi connectivity index (χ2n) is 3.92. The molecule has 0 aliphatic carbocycles. The molecule has 2 N–H and O–H groups in total. The third kappa shape index (κ3) is 3.72. The molecule has 7 heteroatoms. The minimum atomic E-state index is -0.0796. The fourth-order valence-electron chi connectivity index (χ4n) is 1.58. The Morgan fingerprint density at radius 3 is 2.79 bits per heavy atom. The number of nitrogens with one attached hydrogen (secondary N) is 2. The Labute approximate surface area is 115 Å². The van der Waals surface area contributed by atoms with Crippen molar-refractivity contribution in [2.24, 2.45) is 0 Å². The number of aromatic nitrogens is 3. The molecule has 0 bridgehead atoms. The number of carbonyl (C=O) groups excluding carboxylic acids is 1. The first-order valence-electron chi connectivity index (χ1n) is 5.89. The molecule has 100 valence electrons. The van der Waals surface area contributed by atoms with E-state index in [0.717, 1.165) is 10.7 Å². The van der Waals surface area contributed by atoms with Gasteiger partial charge in [0, 0.05) is 25.5 Å². The van der Waals surface area contributed by atoms with Gasteiger partial charge in [0.15, 0.2) is 0 Å². The van der Waals surface area contributed by atoms with Crippen LogP contribution < -0.4 is 10.6 Å². The molecule has 2 heterocycles. The first kappa shape index (κ1) is 13.4. The summed E-state index contributed by atoms with van der Waals surface area (Å²) in [4.78, 5) is 24.8. The molecular formula is C12H15N5OS. The van der Waals surface area contributed by atoms with E-state index in [1.54, 1.807) is 18.6 Å². The molecule has 2 aromatic heterocycles. The van der Waals surface area contributed by atoms with Crippen LogP contribution >= 0.6 is 11.3 Å². The third-order valence-electron chi connectivity index (χ3n) is 2.39. The smallest absolute Gasteiger partial charge is 0.263 e. The predicted octanol–water partition coefficient (Wildman–Crippen LogP) is 1.39. The van der Waals surface area contributed by atoms with Gasteiger partial charge in [-0.1, -0.05) is 0 Å². The molecule has 6 nitrogen and oxygen atoms in total. The summed E-state index contributed by atoms with van der Waals surface area (Å²) in [5, 5.41) is 6.82. The fourth-order valence-corrected chi connectivity index (χ4v) is 2.42. The molecule has 0 saturated carbocycles. The summed E-state index contributed by atoms with van der Waals surface area (Å²) in [6, 6.07) is 0. The third-order valence-corrected chi connectivity index (χ3v) is 3.46. The maximum Gasteiger partial charge on any atom is 0.263 e. The molecule has 0 aliphatic rings. The predicted molar refractivity (Wildman–Crippen MR) is 74.4 cm³/mol. The lowest BCUT2D eigenvalue weighted by atomic mass is 10.3. The van der Waals surface area contributed by atoms with Crippen LogP contribution in [0.2, 0.25) is 0 Å². The molecule has 1 amide bonds. The highest BCUT2D eigenvalue weighted by Crippen LogP contribution is 2.16. The average Bonchev–Trinajstić information content (AvgIpc) is 2.75. The lowest BCUT2D eigenvalue weighted by molar-refractivity contribution is 0.0958. The number of aryl methyl sites for hydroxylation is 2. The Morgan fingerprint density at radius 2 is 2.16 bits per heavy atom. The Bertz CT molecular complexity index is 555. The van der Waals surface area contributed by atoms with Crippen molar-refractivity contribution in [3.63, 3.8) is 0 Å². The lowest BCUT2D eigenvalue weighted by Crippen LogP contribution is -2.28. The van der Waals surface area contributed by atoms with Gasteiger partial charge < -0.3 is 10.6 Å². The zero-order valence-electron chi connectivity index (χ0n) is 10.8. The second kappa shape index (κ2) is 6.24. The Hall–Kier alpha value is -2.02. The van der Waals surface area contributed by atoms with Gasteiger partial charge in [-0.25, -0.2) is 9.97 Å². The van der Waals surface area contributed by atoms with E-state index in [0.29, 0.717) is 23.8 Å². The summed E-state index contributed by atoms with van der Waals surface area (Å²) < 4.78 is 0. The Morgan fingerprint density at radius 1 is 1.32 bits per heavy atom. The van der Waals surface area contributed by atoms with Crippen LogP contribution in [0.1, 0.15) is 20.4 Å². The normalized spacial score (nSPS) is 10.2. The maximum absolute atomic E-state index is 11.9. The number of rotatable bonds is 5. The number of carbonyl (C=O) groups is 1. The van der Waals surface area contributed by atoms with E-state index >= 15 is 0 Å². The van der Waals surface area contributed by atoms with Crippen molar-refractivity contribution in [1.82, 2.24) is 20.3 Å². The van der Waals surface area contributed by atoms with Crippen molar-refractivity contribution >= 4 is 23.1 Å². The van der Waals surface area contributed by atoms with Crippen molar-refractivity contribution in [2.75, 3.05) is 18.4 Å². The molecule has 2 aromatic rings. The van der Waals surface area contributed by atoms with Gasteiger partial charge in [-0.15, -0.1) is 11.3 Å². The van der Waals surface area contributed by atoms with Gasteiger partial charge in [-0.05, 0) is 13.8 Å². The van der Waals surface area contributed by atoms with Gasteiger partial charge in [0.25, 0.3) is 5.91 Å². The van der Waals surface area contributed by atoms with E-state index < -0.39 is 0 Å². The Balaban J connectivity index is 1.77. The van der Waals surface area contributed by atoms with Crippen LogP contribution in [0, 0.1) is 13.8 Å². The first-order valence-corrected chi connectivity index (χ1v) is 6.70. The molecule has 19 heavy (non-hydrogen) atoms. The zero-order valence-corrected chi connectivity index (χ0v) is 11.6. The molecule has 0 radical (unpaired) electrons. The van der Waals surface area contributed by atoms with Crippen LogP contribution in [0.4, 0.5) is 5.82 Å². The summed E-state index contributed by atoms with van der Waals surface area (Å²) in [5.41, 5.74) is 0.780. The second-order valence-corrected chi connectivity index (χ2v) is 5.12. The first-order chi connectivity index (χ1) is 9.16. The Kier molecular flexibility index (Phi) is 4.40. The maximum atomic E-state index is 11.9. The van der Waals surface area contributed by atoms with E-state index in [4.69, 9.17) is 0 Å². The molecule has 0 aromatic carbocycles. The molecular weight excluding hydrogens is 262 g/mol. The number of hydrogen-bond acceptors (Lipinski definition) is 6. The van der Waals surface area contributed by atoms with Gasteiger partial charge in [-0.3, -0.25) is 9.78 Å². The van der Waals surface area contributed by atoms with Crippen LogP contribution in [-0.4, -0.2) is 33.9 Å². The van der Waals surface area contributed by atoms with Crippen molar-refractivity contribution < 1.29 is 4.79 Å². The standard InChI is InChI=1S/C12H15N5OS/c1-8-11(19-9(2)17-8)12(18)16-6-5-15-10-7-13-3-4-14-10/h3-4,7H,5-6H2,1-2H3,(H,14,15)(H,16,18).